The molecule has 1 saturated heterocycles. The summed E-state index contributed by atoms with van der Waals surface area (Å²) in [6, 6.07) is 39.0. The van der Waals surface area contributed by atoms with E-state index < -0.39 is 15.9 Å². The number of nitrogens with one attached hydrogen (secondary N) is 3. The van der Waals surface area contributed by atoms with Gasteiger partial charge in [-0.1, -0.05) is 66.2 Å². The summed E-state index contributed by atoms with van der Waals surface area (Å²) in [5.41, 5.74) is 6.59. The molecule has 0 radical (unpaired) electrons. The van der Waals surface area contributed by atoms with Crippen molar-refractivity contribution in [1.82, 2.24) is 14.9 Å². The summed E-state index contributed by atoms with van der Waals surface area (Å²) < 4.78 is 29.1. The van der Waals surface area contributed by atoms with E-state index >= 15 is 0 Å². The number of piperazine rings is 1. The van der Waals surface area contributed by atoms with Crippen LogP contribution in [0.1, 0.15) is 48.7 Å². The zero-order chi connectivity index (χ0) is 39.7. The highest BCUT2D eigenvalue weighted by Crippen LogP contribution is 2.28. The van der Waals surface area contributed by atoms with Gasteiger partial charge < -0.3 is 15.5 Å². The molecule has 294 valence electrons. The molecule has 1 aliphatic rings. The van der Waals surface area contributed by atoms with Crippen molar-refractivity contribution < 1.29 is 13.2 Å². The van der Waals surface area contributed by atoms with E-state index in [9.17, 15) is 13.2 Å². The lowest BCUT2D eigenvalue weighted by molar-refractivity contribution is 0.0981. The van der Waals surface area contributed by atoms with Crippen LogP contribution < -0.4 is 20.3 Å². The lowest BCUT2D eigenvalue weighted by Crippen LogP contribution is -2.46. The van der Waals surface area contributed by atoms with Gasteiger partial charge in [0.25, 0.3) is 15.9 Å². The van der Waals surface area contributed by atoms with Crippen LogP contribution in [0.25, 0.3) is 11.1 Å². The fourth-order valence-corrected chi connectivity index (χ4v) is 8.93. The maximum Gasteiger partial charge on any atom is 0.264 e. The van der Waals surface area contributed by atoms with Crippen molar-refractivity contribution in [2.45, 2.75) is 62.0 Å². The van der Waals surface area contributed by atoms with Gasteiger partial charge in [-0.2, -0.15) is 0 Å². The van der Waals surface area contributed by atoms with E-state index in [0.717, 1.165) is 79.0 Å². The van der Waals surface area contributed by atoms with Crippen LogP contribution in [-0.2, 0) is 16.6 Å². The minimum Gasteiger partial charge on any atom is -0.381 e. The second kappa shape index (κ2) is 18.7. The molecule has 1 fully saturated rings. The topological polar surface area (TPSA) is 93.8 Å². The summed E-state index contributed by atoms with van der Waals surface area (Å²) in [6.07, 6.45) is 0.891. The van der Waals surface area contributed by atoms with Gasteiger partial charge in [-0.3, -0.25) is 9.69 Å². The molecule has 5 aromatic rings. The Kier molecular flexibility index (Phi) is 13.8. The molecule has 0 unspecified atom stereocenters. The molecule has 3 N–H and O–H groups in total. The Balaban J connectivity index is 1.03. The fourth-order valence-electron chi connectivity index (χ4n) is 6.76. The highest BCUT2D eigenvalue weighted by Gasteiger charge is 2.22. The normalized spacial score (nSPS) is 14.3. The van der Waals surface area contributed by atoms with Crippen LogP contribution in [0, 0.1) is 6.92 Å². The van der Waals surface area contributed by atoms with Crippen molar-refractivity contribution in [3.63, 3.8) is 0 Å². The Bertz CT molecular complexity index is 2170. The number of hydrogen-bond acceptors (Lipinski definition) is 8. The monoisotopic (exact) mass is 809 g/mol. The average molecular weight is 811 g/mol. The van der Waals surface area contributed by atoms with Crippen molar-refractivity contribution in [3.05, 3.63) is 143 Å². The van der Waals surface area contributed by atoms with E-state index in [1.54, 1.807) is 42.1 Å². The minimum atomic E-state index is -4.10. The molecule has 0 aromatic heterocycles. The molecule has 56 heavy (non-hydrogen) atoms. The van der Waals surface area contributed by atoms with Crippen LogP contribution in [0.2, 0.25) is 5.02 Å². The lowest BCUT2D eigenvalue weighted by atomic mass is 9.99. The predicted octanol–water partition coefficient (Wildman–Crippen LogP) is 9.11. The molecule has 1 heterocycles. The highest BCUT2D eigenvalue weighted by atomic mass is 35.5. The first-order valence-electron chi connectivity index (χ1n) is 19.1. The van der Waals surface area contributed by atoms with Gasteiger partial charge in [0.2, 0.25) is 0 Å². The van der Waals surface area contributed by atoms with Crippen LogP contribution in [0.15, 0.2) is 131 Å². The van der Waals surface area contributed by atoms with Crippen LogP contribution >= 0.6 is 23.4 Å². The summed E-state index contributed by atoms with van der Waals surface area (Å²) in [6.45, 7) is 13.5. The number of nitrogens with zero attached hydrogens (tertiary/aromatic N) is 2. The fraction of sp³-hybridized carbons (Fsp3) is 0.311. The average Bonchev–Trinajstić information content (AvgIpc) is 3.18. The quantitative estimate of drug-likeness (QED) is 0.0903. The Hall–Kier alpha value is -4.32. The first kappa shape index (κ1) is 41.3. The second-order valence-corrected chi connectivity index (χ2v) is 18.5. The molecular formula is C45H52ClN5O3S2. The molecular weight excluding hydrogens is 758 g/mol. The number of carbonyl (C=O) groups excluding carboxylic acids is 1. The van der Waals surface area contributed by atoms with Crippen molar-refractivity contribution >= 4 is 50.7 Å². The molecule has 0 spiro atoms. The van der Waals surface area contributed by atoms with Crippen molar-refractivity contribution in [2.75, 3.05) is 48.7 Å². The van der Waals surface area contributed by atoms with E-state index in [2.05, 4.69) is 94.5 Å². The number of hydrogen-bond donors (Lipinski definition) is 3. The maximum absolute atomic E-state index is 13.4. The molecule has 0 saturated carbocycles. The molecule has 5 aromatic carbocycles. The molecule has 1 atom stereocenters. The molecule has 6 rings (SSSR count). The molecule has 1 amide bonds. The Labute approximate surface area is 342 Å². The third-order valence-corrected chi connectivity index (χ3v) is 12.6. The minimum absolute atomic E-state index is 0.0137. The summed E-state index contributed by atoms with van der Waals surface area (Å²) in [7, 11) is -4.10. The molecule has 0 bridgehead atoms. The first-order valence-corrected chi connectivity index (χ1v) is 22.0. The number of carbonyl (C=O) groups is 1. The number of sulfonamides is 1. The summed E-state index contributed by atoms with van der Waals surface area (Å²) in [4.78, 5) is 19.2. The number of halogens is 1. The van der Waals surface area contributed by atoms with Gasteiger partial charge in [0.05, 0.1) is 4.90 Å². The zero-order valence-corrected chi connectivity index (χ0v) is 35.0. The summed E-state index contributed by atoms with van der Waals surface area (Å²) >= 11 is 7.92. The van der Waals surface area contributed by atoms with Gasteiger partial charge in [0.1, 0.15) is 0 Å². The van der Waals surface area contributed by atoms with E-state index in [-0.39, 0.29) is 22.0 Å². The standard InChI is InChI=1S/C45H52ClN5O3S2/c1-33-30-41(22-23-43(33)48-38(24-25-47-45(2,3)4)32-55-40-11-6-5-7-12-40)56(53,54)49-44(52)35-16-20-39(21-17-35)51-28-26-50(27-29-51)31-36-10-8-9-13-42(36)34-14-18-37(46)19-15-34/h5-23,30,38,47-48H,24-29,31-32H2,1-4H3,(H,49,52)/t38-/m1/s1. The molecule has 1 aliphatic heterocycles. The predicted molar refractivity (Wildman–Crippen MR) is 234 cm³/mol. The van der Waals surface area contributed by atoms with Gasteiger partial charge in [-0.25, -0.2) is 13.1 Å². The van der Waals surface area contributed by atoms with Crippen LogP contribution in [-0.4, -0.2) is 69.3 Å². The number of thioether (sulfide) groups is 1. The Morgan fingerprint density at radius 3 is 2.20 bits per heavy atom. The highest BCUT2D eigenvalue weighted by molar-refractivity contribution is 7.99. The van der Waals surface area contributed by atoms with E-state index in [4.69, 9.17) is 11.6 Å². The lowest BCUT2D eigenvalue weighted by Gasteiger charge is -2.36. The van der Waals surface area contributed by atoms with Gasteiger partial charge in [0, 0.05) is 76.9 Å². The number of aryl methyl sites for hydroxylation is 1. The zero-order valence-electron chi connectivity index (χ0n) is 32.6. The Morgan fingerprint density at radius 1 is 0.839 bits per heavy atom. The smallest absolute Gasteiger partial charge is 0.264 e. The van der Waals surface area contributed by atoms with Crippen molar-refractivity contribution in [3.8, 4) is 11.1 Å². The SMILES string of the molecule is Cc1cc(S(=O)(=O)NC(=O)c2ccc(N3CCN(Cc4ccccc4-c4ccc(Cl)cc4)CC3)cc2)ccc1N[C@H](CCNC(C)(C)C)CSc1ccccc1. The number of amides is 1. The number of rotatable bonds is 15. The summed E-state index contributed by atoms with van der Waals surface area (Å²) in [5, 5.41) is 7.95. The third kappa shape index (κ3) is 11.6. The molecule has 11 heteroatoms. The van der Waals surface area contributed by atoms with E-state index in [0.29, 0.717) is 0 Å². The van der Waals surface area contributed by atoms with Crippen LogP contribution in [0.4, 0.5) is 11.4 Å². The maximum atomic E-state index is 13.4. The molecule has 8 nitrogen and oxygen atoms in total. The van der Waals surface area contributed by atoms with Gasteiger partial charge in [-0.15, -0.1) is 11.8 Å². The van der Waals surface area contributed by atoms with Crippen molar-refractivity contribution in [2.24, 2.45) is 0 Å². The van der Waals surface area contributed by atoms with E-state index in [1.807, 2.05) is 49.4 Å². The van der Waals surface area contributed by atoms with Crippen LogP contribution in [0.3, 0.4) is 0 Å². The summed E-state index contributed by atoms with van der Waals surface area (Å²) in [5.74, 6) is 0.186. The largest absolute Gasteiger partial charge is 0.381 e. The Morgan fingerprint density at radius 2 is 1.52 bits per heavy atom. The van der Waals surface area contributed by atoms with Crippen molar-refractivity contribution in [1.29, 1.82) is 0 Å². The van der Waals surface area contributed by atoms with Gasteiger partial charge in [0.15, 0.2) is 0 Å². The van der Waals surface area contributed by atoms with E-state index in [1.165, 1.54) is 16.0 Å². The number of benzene rings is 5. The van der Waals surface area contributed by atoms with Gasteiger partial charge >= 0.3 is 0 Å². The van der Waals surface area contributed by atoms with Gasteiger partial charge in [-0.05, 0) is 130 Å². The van der Waals surface area contributed by atoms with Crippen LogP contribution in [0.5, 0.6) is 0 Å². The molecule has 0 aliphatic carbocycles. The second-order valence-electron chi connectivity index (χ2n) is 15.3. The third-order valence-electron chi connectivity index (χ3n) is 9.87. The first-order chi connectivity index (χ1) is 26.8. The number of anilines is 2.